The molecule has 2 nitrogen and oxygen atoms in total. The summed E-state index contributed by atoms with van der Waals surface area (Å²) in [4.78, 5) is 0. The molecule has 14 heavy (non-hydrogen) atoms. The Morgan fingerprint density at radius 3 is 2.14 bits per heavy atom. The molecule has 0 radical (unpaired) electrons. The first-order chi connectivity index (χ1) is 6.65. The second-order valence-corrected chi connectivity index (χ2v) is 2.94. The maximum atomic E-state index is 12.2. The van der Waals surface area contributed by atoms with Crippen LogP contribution < -0.4 is 0 Å². The third kappa shape index (κ3) is 2.75. The topological polar surface area (TPSA) is 29.5 Å². The van der Waals surface area contributed by atoms with Crippen LogP contribution in [-0.2, 0) is 4.74 Å². The van der Waals surface area contributed by atoms with Crippen molar-refractivity contribution in [2.75, 3.05) is 13.7 Å². The van der Waals surface area contributed by atoms with Gasteiger partial charge in [0.05, 0.1) is 6.61 Å². The molecule has 1 aromatic rings. The van der Waals surface area contributed by atoms with Crippen molar-refractivity contribution in [3.05, 3.63) is 35.4 Å². The molecule has 0 amide bonds. The molecule has 0 aliphatic carbocycles. The summed E-state index contributed by atoms with van der Waals surface area (Å²) in [6.45, 7) is 0.161. The highest BCUT2D eigenvalue weighted by Crippen LogP contribution is 2.21. The minimum absolute atomic E-state index is 0.0432. The Kier molecular flexibility index (Phi) is 3.98. The van der Waals surface area contributed by atoms with Crippen LogP contribution in [0.15, 0.2) is 24.3 Å². The van der Waals surface area contributed by atoms with Gasteiger partial charge in [0.15, 0.2) is 0 Å². The predicted molar refractivity (Wildman–Crippen MR) is 48.2 cm³/mol. The molecule has 0 fully saturated rings. The van der Waals surface area contributed by atoms with E-state index < -0.39 is 12.5 Å². The van der Waals surface area contributed by atoms with E-state index in [1.165, 1.54) is 31.4 Å². The predicted octanol–water partition coefficient (Wildman–Crippen LogP) is 2.30. The van der Waals surface area contributed by atoms with E-state index >= 15 is 0 Å². The van der Waals surface area contributed by atoms with E-state index in [-0.39, 0.29) is 12.2 Å². The number of rotatable bonds is 4. The average Bonchev–Trinajstić information content (AvgIpc) is 2.18. The van der Waals surface area contributed by atoms with Crippen LogP contribution in [0.3, 0.4) is 0 Å². The van der Waals surface area contributed by atoms with Gasteiger partial charge >= 0.3 is 0 Å². The lowest BCUT2D eigenvalue weighted by atomic mass is 10.1. The van der Waals surface area contributed by atoms with Crippen LogP contribution >= 0.6 is 0 Å². The molecule has 0 saturated carbocycles. The van der Waals surface area contributed by atoms with E-state index in [0.717, 1.165) is 0 Å². The molecule has 1 rings (SSSR count). The van der Waals surface area contributed by atoms with Gasteiger partial charge < -0.3 is 9.84 Å². The Morgan fingerprint density at radius 2 is 1.71 bits per heavy atom. The van der Waals surface area contributed by atoms with Gasteiger partial charge in [0.1, 0.15) is 6.10 Å². The largest absolute Gasteiger partial charge is 0.386 e. The zero-order chi connectivity index (χ0) is 10.6. The van der Waals surface area contributed by atoms with Crippen molar-refractivity contribution in [3.63, 3.8) is 0 Å². The molecule has 0 aliphatic heterocycles. The molecular formula is C10H12F2O2. The maximum absolute atomic E-state index is 12.2. The Morgan fingerprint density at radius 1 is 1.21 bits per heavy atom. The van der Waals surface area contributed by atoms with E-state index in [1.807, 2.05) is 0 Å². The summed E-state index contributed by atoms with van der Waals surface area (Å²) < 4.78 is 29.1. The first-order valence-electron chi connectivity index (χ1n) is 4.20. The van der Waals surface area contributed by atoms with E-state index in [1.54, 1.807) is 0 Å². The maximum Gasteiger partial charge on any atom is 0.263 e. The number of aliphatic hydroxyl groups excluding tert-OH is 1. The summed E-state index contributed by atoms with van der Waals surface area (Å²) in [6.07, 6.45) is -3.23. The van der Waals surface area contributed by atoms with Gasteiger partial charge in [-0.3, -0.25) is 0 Å². The van der Waals surface area contributed by atoms with Gasteiger partial charge in [-0.15, -0.1) is 0 Å². The second-order valence-electron chi connectivity index (χ2n) is 2.94. The molecule has 0 aliphatic rings. The van der Waals surface area contributed by atoms with Gasteiger partial charge in [0.2, 0.25) is 0 Å². The lowest BCUT2D eigenvalue weighted by Gasteiger charge is -2.10. The molecule has 0 heterocycles. The lowest BCUT2D eigenvalue weighted by Crippen LogP contribution is -2.04. The number of halogens is 2. The highest BCUT2D eigenvalue weighted by Gasteiger charge is 2.09. The average molecular weight is 202 g/mol. The molecule has 78 valence electrons. The Labute approximate surface area is 81.1 Å². The summed E-state index contributed by atoms with van der Waals surface area (Å²) in [5.41, 5.74) is 0.537. The van der Waals surface area contributed by atoms with Crippen molar-refractivity contribution in [1.29, 1.82) is 0 Å². The molecule has 4 heteroatoms. The number of benzene rings is 1. The first kappa shape index (κ1) is 11.1. The number of alkyl halides is 2. The fourth-order valence-electron chi connectivity index (χ4n) is 1.12. The number of hydrogen-bond acceptors (Lipinski definition) is 2. The molecule has 0 aromatic heterocycles. The molecule has 0 saturated heterocycles. The monoisotopic (exact) mass is 202 g/mol. The molecule has 0 spiro atoms. The van der Waals surface area contributed by atoms with E-state index in [2.05, 4.69) is 0 Å². The minimum Gasteiger partial charge on any atom is -0.386 e. The summed E-state index contributed by atoms with van der Waals surface area (Å²) in [5, 5.41) is 9.44. The van der Waals surface area contributed by atoms with Crippen molar-refractivity contribution in [2.24, 2.45) is 0 Å². The summed E-state index contributed by atoms with van der Waals surface area (Å²) in [5.74, 6) is 0. The highest BCUT2D eigenvalue weighted by molar-refractivity contribution is 5.24. The van der Waals surface area contributed by atoms with Crippen LogP contribution in [0.2, 0.25) is 0 Å². The third-order valence-electron chi connectivity index (χ3n) is 1.90. The standard InChI is InChI=1S/C10H12F2O2/c1-14-6-9(13)7-2-4-8(5-3-7)10(11)12/h2-5,9-10,13H,6H2,1H3. The quantitative estimate of drug-likeness (QED) is 0.811. The first-order valence-corrected chi connectivity index (χ1v) is 4.20. The zero-order valence-electron chi connectivity index (χ0n) is 7.78. The van der Waals surface area contributed by atoms with Gasteiger partial charge in [-0.25, -0.2) is 8.78 Å². The normalized spacial score (nSPS) is 13.2. The summed E-state index contributed by atoms with van der Waals surface area (Å²) in [7, 11) is 1.47. The van der Waals surface area contributed by atoms with Crippen molar-refractivity contribution < 1.29 is 18.6 Å². The smallest absolute Gasteiger partial charge is 0.263 e. The lowest BCUT2D eigenvalue weighted by molar-refractivity contribution is 0.0643. The van der Waals surface area contributed by atoms with Crippen LogP contribution in [0.25, 0.3) is 0 Å². The van der Waals surface area contributed by atoms with Crippen LogP contribution in [0.1, 0.15) is 23.7 Å². The molecule has 1 N–H and O–H groups in total. The van der Waals surface area contributed by atoms with Crippen LogP contribution in [0, 0.1) is 0 Å². The van der Waals surface area contributed by atoms with Crippen molar-refractivity contribution >= 4 is 0 Å². The fraction of sp³-hybridized carbons (Fsp3) is 0.400. The van der Waals surface area contributed by atoms with Crippen LogP contribution in [0.4, 0.5) is 8.78 Å². The van der Waals surface area contributed by atoms with E-state index in [9.17, 15) is 13.9 Å². The van der Waals surface area contributed by atoms with Gasteiger partial charge in [0, 0.05) is 12.7 Å². The second kappa shape index (κ2) is 5.02. The number of ether oxygens (including phenoxy) is 1. The molecular weight excluding hydrogens is 190 g/mol. The van der Waals surface area contributed by atoms with Crippen LogP contribution in [0.5, 0.6) is 0 Å². The number of methoxy groups -OCH3 is 1. The van der Waals surface area contributed by atoms with E-state index in [4.69, 9.17) is 4.74 Å². The molecule has 1 aromatic carbocycles. The van der Waals surface area contributed by atoms with Crippen molar-refractivity contribution in [3.8, 4) is 0 Å². The van der Waals surface area contributed by atoms with Gasteiger partial charge in [-0.05, 0) is 5.56 Å². The number of hydrogen-bond donors (Lipinski definition) is 1. The molecule has 1 atom stereocenters. The summed E-state index contributed by atoms with van der Waals surface area (Å²) >= 11 is 0. The highest BCUT2D eigenvalue weighted by atomic mass is 19.3. The Bertz CT molecular complexity index is 272. The zero-order valence-corrected chi connectivity index (χ0v) is 7.78. The van der Waals surface area contributed by atoms with Gasteiger partial charge in [0.25, 0.3) is 6.43 Å². The summed E-state index contributed by atoms with van der Waals surface area (Å²) in [6, 6.07) is 5.56. The molecule has 0 bridgehead atoms. The van der Waals surface area contributed by atoms with Gasteiger partial charge in [-0.1, -0.05) is 24.3 Å². The number of aliphatic hydroxyl groups is 1. The van der Waals surface area contributed by atoms with Gasteiger partial charge in [-0.2, -0.15) is 0 Å². The minimum atomic E-state index is -2.47. The molecule has 1 unspecified atom stereocenters. The Hall–Kier alpha value is -1.00. The van der Waals surface area contributed by atoms with Crippen molar-refractivity contribution in [2.45, 2.75) is 12.5 Å². The fourth-order valence-corrected chi connectivity index (χ4v) is 1.12. The third-order valence-corrected chi connectivity index (χ3v) is 1.90. The van der Waals surface area contributed by atoms with E-state index in [0.29, 0.717) is 5.56 Å². The SMILES string of the molecule is COCC(O)c1ccc(C(F)F)cc1. The van der Waals surface area contributed by atoms with Crippen LogP contribution in [-0.4, -0.2) is 18.8 Å². The Balaban J connectivity index is 2.72. The van der Waals surface area contributed by atoms with Crippen molar-refractivity contribution in [1.82, 2.24) is 0 Å².